The molecule has 1 amide bonds. The van der Waals surface area contributed by atoms with Gasteiger partial charge in [-0.05, 0) is 42.7 Å². The summed E-state index contributed by atoms with van der Waals surface area (Å²) in [7, 11) is 1.56. The van der Waals surface area contributed by atoms with Crippen LogP contribution >= 0.6 is 0 Å². The summed E-state index contributed by atoms with van der Waals surface area (Å²) in [5, 5.41) is 11.2. The first-order chi connectivity index (χ1) is 15.0. The number of carbonyl (C=O) groups excluding carboxylic acids is 2. The average Bonchev–Trinajstić information content (AvgIpc) is 3.05. The number of rotatable bonds is 9. The predicted octanol–water partition coefficient (Wildman–Crippen LogP) is 4.71. The van der Waals surface area contributed by atoms with Crippen LogP contribution in [0.15, 0.2) is 54.1 Å². The molecule has 3 rings (SSSR count). The maximum Gasteiger partial charge on any atom is 0.295 e. The molecule has 6 heteroatoms. The van der Waals surface area contributed by atoms with Crippen LogP contribution in [0.5, 0.6) is 11.5 Å². The third-order valence-corrected chi connectivity index (χ3v) is 5.28. The Kier molecular flexibility index (Phi) is 7.34. The molecule has 1 unspecified atom stereocenters. The number of hydrogen-bond acceptors (Lipinski definition) is 5. The van der Waals surface area contributed by atoms with Crippen molar-refractivity contribution >= 4 is 17.4 Å². The zero-order chi connectivity index (χ0) is 22.4. The Morgan fingerprint density at radius 2 is 1.77 bits per heavy atom. The van der Waals surface area contributed by atoms with Crippen LogP contribution in [0.2, 0.25) is 0 Å². The lowest BCUT2D eigenvalue weighted by Gasteiger charge is -2.25. The second kappa shape index (κ2) is 10.2. The van der Waals surface area contributed by atoms with E-state index in [2.05, 4.69) is 0 Å². The minimum atomic E-state index is -0.679. The standard InChI is InChI=1S/C25H29NO5/c1-4-6-13-26-22(17-9-7-11-19(15-17)30-3)21(24(28)25(26)29)23(27)18-10-8-12-20(16-18)31-14-5-2/h7-12,15-16,22,27H,4-6,13-14H2,1-3H3/b23-21-. The van der Waals surface area contributed by atoms with E-state index in [4.69, 9.17) is 9.47 Å². The van der Waals surface area contributed by atoms with Crippen LogP contribution in [0.25, 0.3) is 5.76 Å². The van der Waals surface area contributed by atoms with E-state index < -0.39 is 17.7 Å². The molecule has 0 bridgehead atoms. The van der Waals surface area contributed by atoms with E-state index >= 15 is 0 Å². The summed E-state index contributed by atoms with van der Waals surface area (Å²) < 4.78 is 11.0. The van der Waals surface area contributed by atoms with Gasteiger partial charge < -0.3 is 19.5 Å². The van der Waals surface area contributed by atoms with Gasteiger partial charge in [0.05, 0.1) is 25.3 Å². The van der Waals surface area contributed by atoms with Gasteiger partial charge in [0.1, 0.15) is 17.3 Å². The molecule has 1 fully saturated rings. The van der Waals surface area contributed by atoms with Gasteiger partial charge in [-0.1, -0.05) is 44.5 Å². The average molecular weight is 424 g/mol. The lowest BCUT2D eigenvalue weighted by Crippen LogP contribution is -2.30. The molecule has 0 aromatic heterocycles. The van der Waals surface area contributed by atoms with Gasteiger partial charge in [0.2, 0.25) is 0 Å². The van der Waals surface area contributed by atoms with Crippen molar-refractivity contribution in [3.8, 4) is 11.5 Å². The fourth-order valence-corrected chi connectivity index (χ4v) is 3.71. The summed E-state index contributed by atoms with van der Waals surface area (Å²) in [5.74, 6) is -0.257. The number of aliphatic hydroxyl groups excluding tert-OH is 1. The molecule has 164 valence electrons. The van der Waals surface area contributed by atoms with Gasteiger partial charge in [0.25, 0.3) is 11.7 Å². The summed E-state index contributed by atoms with van der Waals surface area (Å²) in [6, 6.07) is 13.5. The van der Waals surface area contributed by atoms with Crippen LogP contribution in [-0.4, -0.2) is 42.0 Å². The number of nitrogens with zero attached hydrogens (tertiary/aromatic N) is 1. The van der Waals surface area contributed by atoms with Gasteiger partial charge in [0, 0.05) is 12.1 Å². The Morgan fingerprint density at radius 3 is 2.48 bits per heavy atom. The number of aliphatic hydroxyl groups is 1. The van der Waals surface area contributed by atoms with Gasteiger partial charge in [-0.3, -0.25) is 9.59 Å². The van der Waals surface area contributed by atoms with Crippen molar-refractivity contribution in [2.45, 2.75) is 39.2 Å². The van der Waals surface area contributed by atoms with Crippen molar-refractivity contribution < 1.29 is 24.2 Å². The lowest BCUT2D eigenvalue weighted by atomic mass is 9.95. The number of hydrogen-bond donors (Lipinski definition) is 1. The molecule has 31 heavy (non-hydrogen) atoms. The zero-order valence-corrected chi connectivity index (χ0v) is 18.3. The van der Waals surface area contributed by atoms with E-state index in [1.165, 1.54) is 0 Å². The maximum atomic E-state index is 13.0. The molecule has 1 aliphatic rings. The van der Waals surface area contributed by atoms with Crippen molar-refractivity contribution in [1.29, 1.82) is 0 Å². The third kappa shape index (κ3) is 4.74. The quantitative estimate of drug-likeness (QED) is 0.359. The van der Waals surface area contributed by atoms with Crippen LogP contribution in [-0.2, 0) is 9.59 Å². The Balaban J connectivity index is 2.12. The van der Waals surface area contributed by atoms with Gasteiger partial charge in [-0.2, -0.15) is 0 Å². The zero-order valence-electron chi connectivity index (χ0n) is 18.3. The van der Waals surface area contributed by atoms with Crippen molar-refractivity contribution in [1.82, 2.24) is 4.90 Å². The number of benzene rings is 2. The smallest absolute Gasteiger partial charge is 0.295 e. The van der Waals surface area contributed by atoms with Crippen LogP contribution in [0, 0.1) is 0 Å². The second-order valence-electron chi connectivity index (χ2n) is 7.50. The van der Waals surface area contributed by atoms with Gasteiger partial charge in [-0.25, -0.2) is 0 Å². The second-order valence-corrected chi connectivity index (χ2v) is 7.50. The Labute approximate surface area is 183 Å². The van der Waals surface area contributed by atoms with Crippen molar-refractivity contribution in [2.75, 3.05) is 20.3 Å². The van der Waals surface area contributed by atoms with Crippen molar-refractivity contribution in [2.24, 2.45) is 0 Å². The van der Waals surface area contributed by atoms with Crippen LogP contribution in [0.4, 0.5) is 0 Å². The first kappa shape index (κ1) is 22.4. The minimum absolute atomic E-state index is 0.0852. The van der Waals surface area contributed by atoms with Crippen molar-refractivity contribution in [3.05, 3.63) is 65.2 Å². The van der Waals surface area contributed by atoms with Crippen molar-refractivity contribution in [3.63, 3.8) is 0 Å². The molecule has 0 aliphatic carbocycles. The number of likely N-dealkylation sites (tertiary alicyclic amines) is 1. The predicted molar refractivity (Wildman–Crippen MR) is 119 cm³/mol. The summed E-state index contributed by atoms with van der Waals surface area (Å²) in [4.78, 5) is 27.4. The van der Waals surface area contributed by atoms with Crippen LogP contribution in [0.3, 0.4) is 0 Å². The molecule has 2 aromatic rings. The Hall–Kier alpha value is -3.28. The number of amides is 1. The van der Waals surface area contributed by atoms with Gasteiger partial charge in [-0.15, -0.1) is 0 Å². The molecule has 1 heterocycles. The van der Waals surface area contributed by atoms with E-state index in [-0.39, 0.29) is 11.3 Å². The fraction of sp³-hybridized carbons (Fsp3) is 0.360. The SMILES string of the molecule is CCCCN1C(=O)C(=O)/C(=C(\O)c2cccc(OCCC)c2)C1c1cccc(OC)c1. The lowest BCUT2D eigenvalue weighted by molar-refractivity contribution is -0.139. The highest BCUT2D eigenvalue weighted by Gasteiger charge is 2.45. The molecule has 1 atom stereocenters. The Morgan fingerprint density at radius 1 is 1.03 bits per heavy atom. The highest BCUT2D eigenvalue weighted by molar-refractivity contribution is 6.46. The third-order valence-electron chi connectivity index (χ3n) is 5.28. The number of Topliss-reactive ketones (excluding diaryl/α,β-unsaturated/α-hetero) is 1. The van der Waals surface area contributed by atoms with E-state index in [1.54, 1.807) is 48.4 Å². The monoisotopic (exact) mass is 423 g/mol. The molecule has 0 spiro atoms. The molecule has 1 aliphatic heterocycles. The number of unbranched alkanes of at least 4 members (excludes halogenated alkanes) is 1. The topological polar surface area (TPSA) is 76.1 Å². The Bertz CT molecular complexity index is 981. The van der Waals surface area contributed by atoms with Gasteiger partial charge in [0.15, 0.2) is 0 Å². The molecule has 1 N–H and O–H groups in total. The van der Waals surface area contributed by atoms with E-state index in [0.717, 1.165) is 24.8 Å². The highest BCUT2D eigenvalue weighted by Crippen LogP contribution is 2.40. The van der Waals surface area contributed by atoms with Gasteiger partial charge >= 0.3 is 0 Å². The number of ketones is 1. The van der Waals surface area contributed by atoms with E-state index in [0.29, 0.717) is 30.2 Å². The summed E-state index contributed by atoms with van der Waals surface area (Å²) in [5.41, 5.74) is 1.24. The number of methoxy groups -OCH3 is 1. The highest BCUT2D eigenvalue weighted by atomic mass is 16.5. The fourth-order valence-electron chi connectivity index (χ4n) is 3.71. The molecule has 0 saturated carbocycles. The minimum Gasteiger partial charge on any atom is -0.507 e. The molecule has 6 nitrogen and oxygen atoms in total. The van der Waals surface area contributed by atoms with Crippen LogP contribution in [0.1, 0.15) is 50.3 Å². The molecule has 2 aromatic carbocycles. The van der Waals surface area contributed by atoms with E-state index in [1.807, 2.05) is 26.0 Å². The number of ether oxygens (including phenoxy) is 2. The summed E-state index contributed by atoms with van der Waals surface area (Å²) in [6.07, 6.45) is 2.49. The first-order valence-corrected chi connectivity index (χ1v) is 10.7. The summed E-state index contributed by atoms with van der Waals surface area (Å²) in [6.45, 7) is 5.02. The molecular weight excluding hydrogens is 394 g/mol. The molecule has 0 radical (unpaired) electrons. The molecule has 1 saturated heterocycles. The van der Waals surface area contributed by atoms with E-state index in [9.17, 15) is 14.7 Å². The number of carbonyl (C=O) groups is 2. The largest absolute Gasteiger partial charge is 0.507 e. The van der Waals surface area contributed by atoms with Crippen LogP contribution < -0.4 is 9.47 Å². The molecular formula is C25H29NO5. The first-order valence-electron chi connectivity index (χ1n) is 10.7. The maximum absolute atomic E-state index is 13.0. The summed E-state index contributed by atoms with van der Waals surface area (Å²) >= 11 is 0. The normalized spacial score (nSPS) is 17.8.